The molecule has 1 atom stereocenters. The zero-order valence-corrected chi connectivity index (χ0v) is 20.3. The van der Waals surface area contributed by atoms with Crippen molar-refractivity contribution in [1.82, 2.24) is 9.80 Å². The SMILES string of the molecule is C=C[Si](C)(CCCN1CCN(C)CC1)O[Si](C(C)C)(C(C)C)C(C)C. The molecule has 0 aromatic carbocycles. The summed E-state index contributed by atoms with van der Waals surface area (Å²) < 4.78 is 7.20. The third-order valence-electron chi connectivity index (χ3n) is 6.29. The Labute approximate surface area is 160 Å². The predicted molar refractivity (Wildman–Crippen MR) is 117 cm³/mol. The highest BCUT2D eigenvalue weighted by molar-refractivity contribution is 6.90. The molecule has 0 aliphatic carbocycles. The molecule has 0 N–H and O–H groups in total. The van der Waals surface area contributed by atoms with E-state index in [0.29, 0.717) is 16.6 Å². The fourth-order valence-electron chi connectivity index (χ4n) is 4.68. The zero-order chi connectivity index (χ0) is 19.3. The molecule has 0 spiro atoms. The van der Waals surface area contributed by atoms with Crippen molar-refractivity contribution in [3.8, 4) is 0 Å². The highest BCUT2D eigenvalue weighted by atomic mass is 28.4. The van der Waals surface area contributed by atoms with E-state index in [4.69, 9.17) is 4.12 Å². The van der Waals surface area contributed by atoms with E-state index in [1.807, 2.05) is 0 Å². The summed E-state index contributed by atoms with van der Waals surface area (Å²) in [5, 5.41) is 0. The van der Waals surface area contributed by atoms with E-state index in [1.165, 1.54) is 45.2 Å². The number of piperazine rings is 1. The molecule has 25 heavy (non-hydrogen) atoms. The van der Waals surface area contributed by atoms with Crippen LogP contribution in [0.5, 0.6) is 0 Å². The van der Waals surface area contributed by atoms with Gasteiger partial charge in [-0.05, 0) is 49.2 Å². The molecule has 1 saturated heterocycles. The van der Waals surface area contributed by atoms with Crippen molar-refractivity contribution in [3.63, 3.8) is 0 Å². The van der Waals surface area contributed by atoms with Crippen LogP contribution in [-0.4, -0.2) is 66.2 Å². The number of nitrogens with zero attached hydrogens (tertiary/aromatic N) is 2. The van der Waals surface area contributed by atoms with Gasteiger partial charge in [-0.3, -0.25) is 0 Å². The first-order valence-electron chi connectivity index (χ1n) is 10.3. The van der Waals surface area contributed by atoms with Crippen LogP contribution in [0.25, 0.3) is 0 Å². The number of rotatable bonds is 10. The second-order valence-corrected chi connectivity index (χ2v) is 18.7. The van der Waals surface area contributed by atoms with E-state index in [1.54, 1.807) is 0 Å². The van der Waals surface area contributed by atoms with Crippen molar-refractivity contribution in [3.05, 3.63) is 12.3 Å². The zero-order valence-electron chi connectivity index (χ0n) is 18.3. The minimum absolute atomic E-state index is 0.650. The van der Waals surface area contributed by atoms with Gasteiger partial charge in [0.25, 0.3) is 0 Å². The van der Waals surface area contributed by atoms with Crippen molar-refractivity contribution < 1.29 is 4.12 Å². The predicted octanol–water partition coefficient (Wildman–Crippen LogP) is 5.12. The average molecular weight is 385 g/mol. The van der Waals surface area contributed by atoms with Crippen molar-refractivity contribution in [1.29, 1.82) is 0 Å². The third kappa shape index (κ3) is 6.03. The quantitative estimate of drug-likeness (QED) is 0.486. The van der Waals surface area contributed by atoms with E-state index < -0.39 is 16.6 Å². The first-order valence-corrected chi connectivity index (χ1v) is 15.2. The Morgan fingerprint density at radius 2 is 1.44 bits per heavy atom. The Morgan fingerprint density at radius 1 is 0.960 bits per heavy atom. The third-order valence-corrected chi connectivity index (χ3v) is 17.2. The van der Waals surface area contributed by atoms with Gasteiger partial charge in [-0.2, -0.15) is 0 Å². The lowest BCUT2D eigenvalue weighted by atomic mass is 10.3. The van der Waals surface area contributed by atoms with Gasteiger partial charge in [0.15, 0.2) is 8.32 Å². The van der Waals surface area contributed by atoms with Crippen LogP contribution in [0, 0.1) is 0 Å². The number of likely N-dealkylation sites (N-methyl/N-ethyl adjacent to an activating group) is 1. The molecule has 0 aromatic heterocycles. The molecule has 1 rings (SSSR count). The van der Waals surface area contributed by atoms with Crippen molar-refractivity contribution in [2.45, 2.75) is 77.2 Å². The van der Waals surface area contributed by atoms with Crippen molar-refractivity contribution >= 4 is 16.6 Å². The van der Waals surface area contributed by atoms with Crippen LogP contribution < -0.4 is 0 Å². The molecule has 3 nitrogen and oxygen atoms in total. The minimum Gasteiger partial charge on any atom is -0.451 e. The van der Waals surface area contributed by atoms with Gasteiger partial charge < -0.3 is 13.9 Å². The smallest absolute Gasteiger partial charge is 0.201 e. The Kier molecular flexibility index (Phi) is 9.08. The van der Waals surface area contributed by atoms with Crippen LogP contribution >= 0.6 is 0 Å². The molecule has 1 unspecified atom stereocenters. The highest BCUT2D eigenvalue weighted by Crippen LogP contribution is 2.44. The highest BCUT2D eigenvalue weighted by Gasteiger charge is 2.48. The van der Waals surface area contributed by atoms with E-state index in [-0.39, 0.29) is 0 Å². The van der Waals surface area contributed by atoms with Gasteiger partial charge in [-0.25, -0.2) is 0 Å². The van der Waals surface area contributed by atoms with E-state index in [9.17, 15) is 0 Å². The van der Waals surface area contributed by atoms with Gasteiger partial charge in [0, 0.05) is 26.2 Å². The molecular formula is C20H44N2OSi2. The maximum Gasteiger partial charge on any atom is 0.201 e. The molecule has 0 radical (unpaired) electrons. The van der Waals surface area contributed by atoms with E-state index in [0.717, 1.165) is 0 Å². The topological polar surface area (TPSA) is 15.7 Å². The molecular weight excluding hydrogens is 340 g/mol. The summed E-state index contributed by atoms with van der Waals surface area (Å²) in [5.74, 6) is 0. The summed E-state index contributed by atoms with van der Waals surface area (Å²) in [7, 11) is -1.45. The summed E-state index contributed by atoms with van der Waals surface area (Å²) in [6, 6.07) is 1.21. The summed E-state index contributed by atoms with van der Waals surface area (Å²) >= 11 is 0. The molecule has 1 heterocycles. The maximum absolute atomic E-state index is 7.20. The number of hydrogen-bond acceptors (Lipinski definition) is 3. The van der Waals surface area contributed by atoms with Crippen LogP contribution in [0.15, 0.2) is 12.3 Å². The largest absolute Gasteiger partial charge is 0.451 e. The first kappa shape index (κ1) is 23.1. The van der Waals surface area contributed by atoms with Crippen molar-refractivity contribution in [2.75, 3.05) is 39.8 Å². The summed E-state index contributed by atoms with van der Waals surface area (Å²) in [6.07, 6.45) is 1.25. The summed E-state index contributed by atoms with van der Waals surface area (Å²) in [6.45, 7) is 27.0. The second kappa shape index (κ2) is 9.83. The molecule has 148 valence electrons. The molecule has 0 aromatic rings. The Balaban J connectivity index is 2.71. The van der Waals surface area contributed by atoms with Crippen LogP contribution in [-0.2, 0) is 4.12 Å². The first-order chi connectivity index (χ1) is 11.6. The Bertz CT molecular complexity index is 385. The number of hydrogen-bond donors (Lipinski definition) is 0. The second-order valence-electron chi connectivity index (χ2n) is 9.18. The van der Waals surface area contributed by atoms with E-state index in [2.05, 4.69) is 77.2 Å². The molecule has 1 aliphatic heterocycles. The molecule has 5 heteroatoms. The van der Waals surface area contributed by atoms with Gasteiger partial charge in [-0.15, -0.1) is 6.58 Å². The molecule has 1 fully saturated rings. The fraction of sp³-hybridized carbons (Fsp3) is 0.900. The van der Waals surface area contributed by atoms with E-state index >= 15 is 0 Å². The maximum atomic E-state index is 7.20. The summed E-state index contributed by atoms with van der Waals surface area (Å²) in [4.78, 5) is 5.05. The van der Waals surface area contributed by atoms with Gasteiger partial charge in [-0.1, -0.05) is 47.2 Å². The lowest BCUT2D eigenvalue weighted by molar-refractivity contribution is 0.154. The van der Waals surface area contributed by atoms with Crippen LogP contribution in [0.4, 0.5) is 0 Å². The van der Waals surface area contributed by atoms with Crippen molar-refractivity contribution in [2.24, 2.45) is 0 Å². The minimum atomic E-state index is -1.86. The van der Waals surface area contributed by atoms with Crippen LogP contribution in [0.2, 0.25) is 29.2 Å². The molecule has 0 saturated carbocycles. The molecule has 0 bridgehead atoms. The van der Waals surface area contributed by atoms with Crippen LogP contribution in [0.1, 0.15) is 48.0 Å². The summed E-state index contributed by atoms with van der Waals surface area (Å²) in [5.41, 5.74) is 4.16. The lowest BCUT2D eigenvalue weighted by Gasteiger charge is -2.47. The standard InChI is InChI=1S/C20H44N2OSi2/c1-10-24(9,17-11-12-22-15-13-21(8)14-16-22)23-25(18(2)3,19(4)5)20(6)7/h10,18-20H,1,11-17H2,2-9H3. The molecule has 1 aliphatic rings. The average Bonchev–Trinajstić information content (AvgIpc) is 2.53. The Hall–Kier alpha value is 0.0538. The van der Waals surface area contributed by atoms with Gasteiger partial charge in [0.1, 0.15) is 0 Å². The van der Waals surface area contributed by atoms with Gasteiger partial charge in [0.05, 0.1) is 0 Å². The van der Waals surface area contributed by atoms with Gasteiger partial charge >= 0.3 is 0 Å². The van der Waals surface area contributed by atoms with Gasteiger partial charge in [0.2, 0.25) is 8.32 Å². The fourth-order valence-corrected chi connectivity index (χ4v) is 16.5. The van der Waals surface area contributed by atoms with Crippen LogP contribution in [0.3, 0.4) is 0 Å². The Morgan fingerprint density at radius 3 is 1.84 bits per heavy atom. The normalized spacial score (nSPS) is 20.4. The molecule has 0 amide bonds. The lowest BCUT2D eigenvalue weighted by Crippen LogP contribution is -2.55. The monoisotopic (exact) mass is 384 g/mol.